The largest absolute Gasteiger partial charge is 0.448 e. The van der Waals surface area contributed by atoms with Crippen LogP contribution in [0.4, 0.5) is 10.5 Å². The van der Waals surface area contributed by atoms with Gasteiger partial charge in [0.25, 0.3) is 11.0 Å². The second kappa shape index (κ2) is 6.20. The first-order valence-electron chi connectivity index (χ1n) is 8.37. The van der Waals surface area contributed by atoms with Crippen LogP contribution in [0.3, 0.4) is 0 Å². The van der Waals surface area contributed by atoms with Gasteiger partial charge in [-0.25, -0.2) is 0 Å². The molecule has 0 aromatic heterocycles. The molecule has 0 radical (unpaired) electrons. The average molecular weight is 348 g/mol. The van der Waals surface area contributed by atoms with Gasteiger partial charge in [0, 0.05) is 49.9 Å². The normalized spacial score (nSPS) is 20.8. The average Bonchev–Trinajstić information content (AvgIpc) is 3.26. The zero-order chi connectivity index (χ0) is 16.6. The molecule has 6 nitrogen and oxygen atoms in total. The Balaban J connectivity index is 1.34. The third kappa shape index (κ3) is 3.05. The fraction of sp³-hybridized carbons (Fsp3) is 0.529. The molecule has 7 heteroatoms. The maximum Gasteiger partial charge on any atom is 0.281 e. The Morgan fingerprint density at radius 1 is 1.25 bits per heavy atom. The number of amides is 2. The van der Waals surface area contributed by atoms with Crippen LogP contribution >= 0.6 is 11.8 Å². The molecule has 1 saturated carbocycles. The zero-order valence-corrected chi connectivity index (χ0v) is 14.2. The van der Waals surface area contributed by atoms with Crippen LogP contribution in [-0.2, 0) is 4.79 Å². The second-order valence-electron chi connectivity index (χ2n) is 6.38. The van der Waals surface area contributed by atoms with Crippen molar-refractivity contribution < 1.29 is 19.1 Å². The van der Waals surface area contributed by atoms with Gasteiger partial charge in [-0.3, -0.25) is 9.59 Å². The van der Waals surface area contributed by atoms with E-state index in [0.717, 1.165) is 43.7 Å². The van der Waals surface area contributed by atoms with Gasteiger partial charge in [-0.1, -0.05) is 11.8 Å². The van der Waals surface area contributed by atoms with E-state index in [4.69, 9.17) is 9.47 Å². The lowest BCUT2D eigenvalue weighted by Gasteiger charge is -2.21. The molecule has 2 aliphatic heterocycles. The highest BCUT2D eigenvalue weighted by Gasteiger charge is 2.44. The van der Waals surface area contributed by atoms with Gasteiger partial charge in [-0.05, 0) is 25.0 Å². The van der Waals surface area contributed by atoms with Crippen molar-refractivity contribution >= 4 is 28.6 Å². The minimum Gasteiger partial charge on any atom is -0.448 e. The van der Waals surface area contributed by atoms with Crippen LogP contribution < -0.4 is 14.8 Å². The number of rotatable bonds is 4. The van der Waals surface area contributed by atoms with Gasteiger partial charge in [-0.15, -0.1) is 0 Å². The summed E-state index contributed by atoms with van der Waals surface area (Å²) in [6, 6.07) is 5.49. The summed E-state index contributed by atoms with van der Waals surface area (Å²) in [6.45, 7) is 1.19. The topological polar surface area (TPSA) is 67.9 Å². The minimum atomic E-state index is -0.487. The third-order valence-corrected chi connectivity index (χ3v) is 5.53. The lowest BCUT2D eigenvalue weighted by atomic mass is 10.2. The monoisotopic (exact) mass is 348 g/mol. The summed E-state index contributed by atoms with van der Waals surface area (Å²) >= 11 is 1.31. The Morgan fingerprint density at radius 2 is 2.04 bits per heavy atom. The number of thioether (sulfide) groups is 1. The van der Waals surface area contributed by atoms with E-state index in [1.54, 1.807) is 4.90 Å². The smallest absolute Gasteiger partial charge is 0.281 e. The molecule has 0 atom stereocenters. The van der Waals surface area contributed by atoms with Crippen LogP contribution in [0, 0.1) is 0 Å². The van der Waals surface area contributed by atoms with Crippen LogP contribution in [-0.4, -0.2) is 40.7 Å². The summed E-state index contributed by atoms with van der Waals surface area (Å²) in [4.78, 5) is 25.3. The van der Waals surface area contributed by atoms with Crippen molar-refractivity contribution in [3.63, 3.8) is 0 Å². The number of ether oxygens (including phenoxy) is 2. The zero-order valence-electron chi connectivity index (χ0n) is 13.4. The Kier molecular flexibility index (Phi) is 4.04. The highest BCUT2D eigenvalue weighted by Crippen LogP contribution is 2.47. The van der Waals surface area contributed by atoms with Crippen molar-refractivity contribution in [3.8, 4) is 11.5 Å². The maximum absolute atomic E-state index is 12.1. The number of hydrogen-bond acceptors (Lipinski definition) is 5. The number of carbonyl (C=O) groups excluding carboxylic acids is 2. The van der Waals surface area contributed by atoms with E-state index >= 15 is 0 Å². The number of hydrogen-bond donors (Lipinski definition) is 1. The van der Waals surface area contributed by atoms with Crippen molar-refractivity contribution in [2.75, 3.05) is 24.2 Å². The van der Waals surface area contributed by atoms with E-state index in [-0.39, 0.29) is 11.1 Å². The fourth-order valence-electron chi connectivity index (χ4n) is 3.38. The van der Waals surface area contributed by atoms with E-state index in [2.05, 4.69) is 5.32 Å². The molecule has 128 valence electrons. The van der Waals surface area contributed by atoms with Gasteiger partial charge in [0.05, 0.1) is 0 Å². The number of nitrogens with zero attached hydrogens (tertiary/aromatic N) is 1. The highest BCUT2D eigenvalue weighted by molar-refractivity contribution is 8.13. The van der Waals surface area contributed by atoms with Crippen LogP contribution in [0.25, 0.3) is 0 Å². The van der Waals surface area contributed by atoms with E-state index in [0.29, 0.717) is 24.4 Å². The number of carbonyl (C=O) groups is 2. The molecule has 2 heterocycles. The Labute approximate surface area is 144 Å². The minimum absolute atomic E-state index is 0.0627. The first-order valence-corrected chi connectivity index (χ1v) is 9.36. The summed E-state index contributed by atoms with van der Waals surface area (Å²) < 4.78 is 12.0. The molecular weight excluding hydrogens is 328 g/mol. The maximum atomic E-state index is 12.1. The Morgan fingerprint density at radius 3 is 2.79 bits per heavy atom. The van der Waals surface area contributed by atoms with Crippen LogP contribution in [0.2, 0.25) is 0 Å². The molecule has 1 aliphatic carbocycles. The number of benzene rings is 1. The van der Waals surface area contributed by atoms with Gasteiger partial charge in [-0.2, -0.15) is 0 Å². The lowest BCUT2D eigenvalue weighted by molar-refractivity contribution is -0.116. The molecule has 1 aromatic rings. The molecule has 1 aromatic carbocycles. The number of nitrogens with one attached hydrogen (secondary N) is 1. The summed E-state index contributed by atoms with van der Waals surface area (Å²) in [7, 11) is 0. The van der Waals surface area contributed by atoms with Crippen LogP contribution in [0.5, 0.6) is 11.5 Å². The van der Waals surface area contributed by atoms with Gasteiger partial charge >= 0.3 is 0 Å². The molecule has 24 heavy (non-hydrogen) atoms. The summed E-state index contributed by atoms with van der Waals surface area (Å²) in [6.07, 6.45) is 4.34. The molecule has 1 saturated heterocycles. The first-order chi connectivity index (χ1) is 11.6. The second-order valence-corrected chi connectivity index (χ2v) is 7.43. The SMILES string of the molecule is O=C(CCN1CCSC1=O)Nc1ccc2c(c1)OC1(CCCC1)O2. The van der Waals surface area contributed by atoms with Crippen molar-refractivity contribution in [1.29, 1.82) is 0 Å². The summed E-state index contributed by atoms with van der Waals surface area (Å²) in [5.74, 6) is 1.66. The Bertz CT molecular complexity index is 673. The molecule has 1 spiro atoms. The van der Waals surface area contributed by atoms with Crippen molar-refractivity contribution in [2.45, 2.75) is 37.9 Å². The van der Waals surface area contributed by atoms with Crippen molar-refractivity contribution in [2.24, 2.45) is 0 Å². The van der Waals surface area contributed by atoms with Gasteiger partial charge in [0.15, 0.2) is 11.5 Å². The summed E-state index contributed by atoms with van der Waals surface area (Å²) in [5, 5.41) is 2.93. The third-order valence-electron chi connectivity index (χ3n) is 4.64. The van der Waals surface area contributed by atoms with E-state index in [9.17, 15) is 9.59 Å². The quantitative estimate of drug-likeness (QED) is 0.905. The molecular formula is C17H20N2O4S. The lowest BCUT2D eigenvalue weighted by Crippen LogP contribution is -2.34. The molecule has 0 bridgehead atoms. The molecule has 4 rings (SSSR count). The molecule has 1 N–H and O–H groups in total. The van der Waals surface area contributed by atoms with E-state index in [1.165, 1.54) is 11.8 Å². The van der Waals surface area contributed by atoms with Gasteiger partial charge < -0.3 is 19.7 Å². The van der Waals surface area contributed by atoms with Gasteiger partial charge in [0.2, 0.25) is 5.91 Å². The van der Waals surface area contributed by atoms with Gasteiger partial charge in [0.1, 0.15) is 0 Å². The first kappa shape index (κ1) is 15.6. The van der Waals surface area contributed by atoms with Crippen LogP contribution in [0.15, 0.2) is 18.2 Å². The Hall–Kier alpha value is -1.89. The molecule has 0 unspecified atom stereocenters. The molecule has 3 aliphatic rings. The number of anilines is 1. The molecule has 2 amide bonds. The predicted molar refractivity (Wildman–Crippen MR) is 91.6 cm³/mol. The van der Waals surface area contributed by atoms with Crippen molar-refractivity contribution in [1.82, 2.24) is 4.90 Å². The standard InChI is InChI=1S/C17H20N2O4S/c20-15(5-8-19-9-10-24-16(19)21)18-12-3-4-13-14(11-12)23-17(22-13)6-1-2-7-17/h3-4,11H,1-2,5-10H2,(H,18,20). The van der Waals surface area contributed by atoms with Crippen LogP contribution in [0.1, 0.15) is 32.1 Å². The van der Waals surface area contributed by atoms with E-state index in [1.807, 2.05) is 18.2 Å². The predicted octanol–water partition coefficient (Wildman–Crippen LogP) is 3.23. The summed E-state index contributed by atoms with van der Waals surface area (Å²) in [5.41, 5.74) is 0.694. The molecule has 2 fully saturated rings. The fourth-order valence-corrected chi connectivity index (χ4v) is 4.23. The number of fused-ring (bicyclic) bond motifs is 1. The van der Waals surface area contributed by atoms with Crippen molar-refractivity contribution in [3.05, 3.63) is 18.2 Å². The highest BCUT2D eigenvalue weighted by atomic mass is 32.2. The van der Waals surface area contributed by atoms with E-state index < -0.39 is 5.79 Å².